The maximum atomic E-state index is 14.0. The van der Waals surface area contributed by atoms with Crippen LogP contribution in [0.25, 0.3) is 0 Å². The standard InChI is InChI=1S/C19H21FN2O3/c1-24-13-25-18-10-9-15(12-16(18)20)21-19(23)22-11-5-4-7-14-6-2-3-8-17(14)22/h2-3,6,8-10,12H,4-5,7,11,13H2,1H3,(H,21,23). The molecule has 0 unspecified atom stereocenters. The number of anilines is 2. The second-order valence-corrected chi connectivity index (χ2v) is 5.86. The molecule has 0 aliphatic carbocycles. The summed E-state index contributed by atoms with van der Waals surface area (Å²) < 4.78 is 23.9. The second kappa shape index (κ2) is 7.98. The zero-order valence-electron chi connectivity index (χ0n) is 14.1. The van der Waals surface area contributed by atoms with Gasteiger partial charge >= 0.3 is 6.03 Å². The molecule has 1 aliphatic heterocycles. The predicted molar refractivity (Wildman–Crippen MR) is 94.6 cm³/mol. The Hall–Kier alpha value is -2.60. The van der Waals surface area contributed by atoms with E-state index in [0.29, 0.717) is 12.2 Å². The number of nitrogens with zero attached hydrogens (tertiary/aromatic N) is 1. The summed E-state index contributed by atoms with van der Waals surface area (Å²) in [5.41, 5.74) is 2.46. The van der Waals surface area contributed by atoms with Crippen LogP contribution in [0.1, 0.15) is 18.4 Å². The van der Waals surface area contributed by atoms with E-state index < -0.39 is 5.82 Å². The smallest absolute Gasteiger partial charge is 0.326 e. The molecule has 2 aromatic rings. The number of aryl methyl sites for hydroxylation is 1. The van der Waals surface area contributed by atoms with Gasteiger partial charge in [0.2, 0.25) is 0 Å². The van der Waals surface area contributed by atoms with Gasteiger partial charge in [-0.05, 0) is 43.0 Å². The summed E-state index contributed by atoms with van der Waals surface area (Å²) in [5.74, 6) is -0.467. The van der Waals surface area contributed by atoms with Crippen molar-refractivity contribution in [1.82, 2.24) is 0 Å². The van der Waals surface area contributed by atoms with Crippen LogP contribution in [0.4, 0.5) is 20.6 Å². The van der Waals surface area contributed by atoms with Gasteiger partial charge in [0, 0.05) is 31.1 Å². The molecule has 1 N–H and O–H groups in total. The fraction of sp³-hybridized carbons (Fsp3) is 0.316. The van der Waals surface area contributed by atoms with E-state index in [-0.39, 0.29) is 18.6 Å². The van der Waals surface area contributed by atoms with Crippen LogP contribution in [0.2, 0.25) is 0 Å². The molecule has 2 aromatic carbocycles. The Balaban J connectivity index is 1.75. The van der Waals surface area contributed by atoms with Crippen LogP contribution in [0.5, 0.6) is 5.75 Å². The Morgan fingerprint density at radius 2 is 2.08 bits per heavy atom. The molecule has 25 heavy (non-hydrogen) atoms. The van der Waals surface area contributed by atoms with E-state index >= 15 is 0 Å². The summed E-state index contributed by atoms with van der Waals surface area (Å²) in [7, 11) is 1.46. The Morgan fingerprint density at radius 1 is 1.24 bits per heavy atom. The lowest BCUT2D eigenvalue weighted by Gasteiger charge is -2.23. The largest absolute Gasteiger partial charge is 0.464 e. The van der Waals surface area contributed by atoms with Crippen LogP contribution in [0.3, 0.4) is 0 Å². The Kier molecular flexibility index (Phi) is 5.50. The number of amides is 2. The molecule has 1 aliphatic rings. The topological polar surface area (TPSA) is 50.8 Å². The molecule has 3 rings (SSSR count). The number of carbonyl (C=O) groups excluding carboxylic acids is 1. The highest BCUT2D eigenvalue weighted by atomic mass is 19.1. The minimum absolute atomic E-state index is 0.0345. The number of nitrogens with one attached hydrogen (secondary N) is 1. The molecule has 1 heterocycles. The Bertz CT molecular complexity index is 751. The summed E-state index contributed by atoms with van der Waals surface area (Å²) in [4.78, 5) is 14.4. The van der Waals surface area contributed by atoms with E-state index in [1.807, 2.05) is 24.3 Å². The third kappa shape index (κ3) is 4.09. The Labute approximate surface area is 146 Å². The first kappa shape index (κ1) is 17.2. The van der Waals surface area contributed by atoms with Gasteiger partial charge in [-0.3, -0.25) is 4.90 Å². The molecule has 0 aromatic heterocycles. The monoisotopic (exact) mass is 344 g/mol. The van der Waals surface area contributed by atoms with Gasteiger partial charge in [-0.1, -0.05) is 18.2 Å². The van der Waals surface area contributed by atoms with Crippen molar-refractivity contribution in [2.24, 2.45) is 0 Å². The van der Waals surface area contributed by atoms with E-state index in [1.54, 1.807) is 11.0 Å². The Morgan fingerprint density at radius 3 is 2.88 bits per heavy atom. The van der Waals surface area contributed by atoms with Gasteiger partial charge in [0.15, 0.2) is 18.4 Å². The number of para-hydroxylation sites is 1. The van der Waals surface area contributed by atoms with Crippen molar-refractivity contribution in [3.8, 4) is 5.75 Å². The predicted octanol–water partition coefficient (Wildman–Crippen LogP) is 4.18. The van der Waals surface area contributed by atoms with Crippen molar-refractivity contribution in [3.05, 3.63) is 53.8 Å². The van der Waals surface area contributed by atoms with Crippen LogP contribution in [0.15, 0.2) is 42.5 Å². The number of urea groups is 1. The number of ether oxygens (including phenoxy) is 2. The molecule has 2 amide bonds. The highest BCUT2D eigenvalue weighted by molar-refractivity contribution is 6.02. The molecular weight excluding hydrogens is 323 g/mol. The van der Waals surface area contributed by atoms with Crippen molar-refractivity contribution >= 4 is 17.4 Å². The molecule has 0 atom stereocenters. The highest BCUT2D eigenvalue weighted by Crippen LogP contribution is 2.27. The van der Waals surface area contributed by atoms with E-state index in [1.165, 1.54) is 19.2 Å². The molecule has 0 bridgehead atoms. The first-order chi connectivity index (χ1) is 12.2. The lowest BCUT2D eigenvalue weighted by atomic mass is 10.1. The quantitative estimate of drug-likeness (QED) is 0.847. The van der Waals surface area contributed by atoms with Crippen LogP contribution >= 0.6 is 0 Å². The van der Waals surface area contributed by atoms with E-state index in [4.69, 9.17) is 9.47 Å². The fourth-order valence-electron chi connectivity index (χ4n) is 2.91. The van der Waals surface area contributed by atoms with E-state index in [2.05, 4.69) is 5.32 Å². The fourth-order valence-corrected chi connectivity index (χ4v) is 2.91. The minimum Gasteiger partial charge on any atom is -0.464 e. The second-order valence-electron chi connectivity index (χ2n) is 5.86. The number of benzene rings is 2. The summed E-state index contributed by atoms with van der Waals surface area (Å²) in [5, 5.41) is 2.76. The minimum atomic E-state index is -0.550. The van der Waals surface area contributed by atoms with Gasteiger partial charge in [-0.15, -0.1) is 0 Å². The van der Waals surface area contributed by atoms with Gasteiger partial charge in [-0.25, -0.2) is 9.18 Å². The van der Waals surface area contributed by atoms with E-state index in [9.17, 15) is 9.18 Å². The SMILES string of the molecule is COCOc1ccc(NC(=O)N2CCCCc3ccccc32)cc1F. The third-order valence-corrected chi connectivity index (χ3v) is 4.12. The van der Waals surface area contributed by atoms with Gasteiger partial charge < -0.3 is 14.8 Å². The van der Waals surface area contributed by atoms with E-state index in [0.717, 1.165) is 30.5 Å². The highest BCUT2D eigenvalue weighted by Gasteiger charge is 2.21. The maximum Gasteiger partial charge on any atom is 0.326 e. The maximum absolute atomic E-state index is 14.0. The molecule has 0 fully saturated rings. The van der Waals surface area contributed by atoms with Gasteiger partial charge in [0.05, 0.1) is 0 Å². The molecule has 132 valence electrons. The van der Waals surface area contributed by atoms with Gasteiger partial charge in [0.25, 0.3) is 0 Å². The number of rotatable bonds is 4. The average molecular weight is 344 g/mol. The van der Waals surface area contributed by atoms with Crippen LogP contribution in [-0.4, -0.2) is 26.5 Å². The summed E-state index contributed by atoms with van der Waals surface area (Å²) in [6, 6.07) is 12.0. The number of hydrogen-bond acceptors (Lipinski definition) is 3. The zero-order chi connectivity index (χ0) is 17.6. The average Bonchev–Trinajstić information content (AvgIpc) is 2.83. The molecular formula is C19H21FN2O3. The molecule has 0 saturated heterocycles. The van der Waals surface area contributed by atoms with Crippen molar-refractivity contribution in [2.45, 2.75) is 19.3 Å². The number of methoxy groups -OCH3 is 1. The van der Waals surface area contributed by atoms with Crippen LogP contribution < -0.4 is 15.0 Å². The molecule has 6 heteroatoms. The van der Waals surface area contributed by atoms with Gasteiger partial charge in [-0.2, -0.15) is 0 Å². The lowest BCUT2D eigenvalue weighted by molar-refractivity contribution is 0.0483. The van der Waals surface area contributed by atoms with Crippen LogP contribution in [-0.2, 0) is 11.2 Å². The van der Waals surface area contributed by atoms with Crippen LogP contribution in [0, 0.1) is 5.82 Å². The van der Waals surface area contributed by atoms with Crippen molar-refractivity contribution < 1.29 is 18.7 Å². The number of carbonyl (C=O) groups is 1. The summed E-state index contributed by atoms with van der Waals surface area (Å²) in [6.45, 7) is 0.605. The summed E-state index contributed by atoms with van der Waals surface area (Å²) >= 11 is 0. The number of hydrogen-bond donors (Lipinski definition) is 1. The normalized spacial score (nSPS) is 13.8. The van der Waals surface area contributed by atoms with Crippen molar-refractivity contribution in [3.63, 3.8) is 0 Å². The molecule has 0 saturated carbocycles. The molecule has 0 spiro atoms. The third-order valence-electron chi connectivity index (χ3n) is 4.12. The first-order valence-electron chi connectivity index (χ1n) is 8.27. The first-order valence-corrected chi connectivity index (χ1v) is 8.27. The van der Waals surface area contributed by atoms with Crippen molar-refractivity contribution in [2.75, 3.05) is 30.7 Å². The summed E-state index contributed by atoms with van der Waals surface area (Å²) in [6.07, 6.45) is 2.93. The lowest BCUT2D eigenvalue weighted by Crippen LogP contribution is -2.35. The number of halogens is 1. The van der Waals surface area contributed by atoms with Gasteiger partial charge in [0.1, 0.15) is 0 Å². The molecule has 5 nitrogen and oxygen atoms in total. The zero-order valence-corrected chi connectivity index (χ0v) is 14.1. The number of fused-ring (bicyclic) bond motifs is 1. The van der Waals surface area contributed by atoms with Crippen molar-refractivity contribution in [1.29, 1.82) is 0 Å². The molecule has 0 radical (unpaired) electrons.